The minimum absolute atomic E-state index is 0.0856. The molecule has 2 fully saturated rings. The third-order valence-electron chi connectivity index (χ3n) is 1.71. The average Bonchev–Trinajstić information content (AvgIpc) is 2.21. The SMILES string of the molecule is C1OCC2OCOCC2O1.C=C. The van der Waals surface area contributed by atoms with Gasteiger partial charge in [-0.25, -0.2) is 0 Å². The summed E-state index contributed by atoms with van der Waals surface area (Å²) >= 11 is 0. The minimum atomic E-state index is 0.0856. The van der Waals surface area contributed by atoms with Crippen LogP contribution in [0.3, 0.4) is 0 Å². The van der Waals surface area contributed by atoms with Gasteiger partial charge in [-0.2, -0.15) is 0 Å². The second kappa shape index (κ2) is 5.27. The van der Waals surface area contributed by atoms with Crippen LogP contribution >= 0.6 is 0 Å². The fourth-order valence-electron chi connectivity index (χ4n) is 1.13. The van der Waals surface area contributed by atoms with Crippen LogP contribution in [0.1, 0.15) is 0 Å². The second-order valence-electron chi connectivity index (χ2n) is 2.39. The first-order chi connectivity index (χ1) is 5.97. The molecule has 0 aromatic heterocycles. The van der Waals surface area contributed by atoms with Crippen LogP contribution in [0.4, 0.5) is 0 Å². The van der Waals surface area contributed by atoms with Crippen molar-refractivity contribution in [3.8, 4) is 0 Å². The van der Waals surface area contributed by atoms with E-state index in [2.05, 4.69) is 13.2 Å². The third kappa shape index (κ3) is 2.28. The van der Waals surface area contributed by atoms with E-state index >= 15 is 0 Å². The number of hydrogen-bond acceptors (Lipinski definition) is 4. The molecule has 70 valence electrons. The quantitative estimate of drug-likeness (QED) is 0.502. The Morgan fingerprint density at radius 2 is 1.25 bits per heavy atom. The van der Waals surface area contributed by atoms with Crippen molar-refractivity contribution in [2.75, 3.05) is 26.8 Å². The maximum atomic E-state index is 5.21. The summed E-state index contributed by atoms with van der Waals surface area (Å²) in [6.07, 6.45) is 0.171. The fraction of sp³-hybridized carbons (Fsp3) is 0.750. The van der Waals surface area contributed by atoms with Crippen LogP contribution < -0.4 is 0 Å². The third-order valence-corrected chi connectivity index (χ3v) is 1.71. The van der Waals surface area contributed by atoms with Gasteiger partial charge in [0.2, 0.25) is 0 Å². The molecule has 0 amide bonds. The van der Waals surface area contributed by atoms with Gasteiger partial charge in [0.05, 0.1) is 13.2 Å². The first-order valence-electron chi connectivity index (χ1n) is 3.85. The molecule has 0 bridgehead atoms. The summed E-state index contributed by atoms with van der Waals surface area (Å²) in [5.41, 5.74) is 0. The van der Waals surface area contributed by atoms with Gasteiger partial charge in [-0.15, -0.1) is 13.2 Å². The zero-order valence-corrected chi connectivity index (χ0v) is 7.03. The van der Waals surface area contributed by atoms with Crippen molar-refractivity contribution in [3.63, 3.8) is 0 Å². The van der Waals surface area contributed by atoms with Gasteiger partial charge < -0.3 is 18.9 Å². The van der Waals surface area contributed by atoms with E-state index in [1.54, 1.807) is 0 Å². The van der Waals surface area contributed by atoms with Gasteiger partial charge in [-0.05, 0) is 0 Å². The van der Waals surface area contributed by atoms with Gasteiger partial charge in [0.1, 0.15) is 25.8 Å². The zero-order chi connectivity index (χ0) is 8.81. The molecule has 2 atom stereocenters. The maximum absolute atomic E-state index is 5.21. The standard InChI is InChI=1S/C6H10O4.C2H4/c1-5-6(10-3-7-1)2-8-4-9-5;1-2/h5-6H,1-4H2;1-2H2. The molecule has 2 rings (SSSR count). The smallest absolute Gasteiger partial charge is 0.147 e. The minimum Gasteiger partial charge on any atom is -0.353 e. The topological polar surface area (TPSA) is 36.9 Å². The number of ether oxygens (including phenoxy) is 4. The number of fused-ring (bicyclic) bond motifs is 1. The van der Waals surface area contributed by atoms with Crippen molar-refractivity contribution < 1.29 is 18.9 Å². The van der Waals surface area contributed by atoms with E-state index in [-0.39, 0.29) is 12.2 Å². The number of rotatable bonds is 0. The summed E-state index contributed by atoms with van der Waals surface area (Å²) in [6, 6.07) is 0. The lowest BCUT2D eigenvalue weighted by atomic mass is 10.2. The van der Waals surface area contributed by atoms with Crippen molar-refractivity contribution in [1.29, 1.82) is 0 Å². The molecule has 0 aromatic carbocycles. The maximum Gasteiger partial charge on any atom is 0.147 e. The first kappa shape index (κ1) is 9.67. The first-order valence-corrected chi connectivity index (χ1v) is 3.85. The van der Waals surface area contributed by atoms with Crippen LogP contribution in [0.5, 0.6) is 0 Å². The highest BCUT2D eigenvalue weighted by atomic mass is 16.7. The number of hydrogen-bond donors (Lipinski definition) is 0. The molecular weight excluding hydrogens is 160 g/mol. The Labute approximate surface area is 72.1 Å². The Hall–Kier alpha value is -0.420. The molecule has 0 saturated carbocycles. The molecule has 4 nitrogen and oxygen atoms in total. The molecule has 4 heteroatoms. The molecule has 0 N–H and O–H groups in total. The van der Waals surface area contributed by atoms with Crippen LogP contribution in [0.25, 0.3) is 0 Å². The summed E-state index contributed by atoms with van der Waals surface area (Å²) in [5.74, 6) is 0. The Morgan fingerprint density at radius 3 is 1.67 bits per heavy atom. The highest BCUT2D eigenvalue weighted by molar-refractivity contribution is 4.73. The van der Waals surface area contributed by atoms with Crippen molar-refractivity contribution in [2.24, 2.45) is 0 Å². The van der Waals surface area contributed by atoms with Crippen LogP contribution in [-0.4, -0.2) is 39.0 Å². The highest BCUT2D eigenvalue weighted by Crippen LogP contribution is 2.14. The molecule has 2 aliphatic heterocycles. The van der Waals surface area contributed by atoms with Crippen LogP contribution in [-0.2, 0) is 18.9 Å². The normalized spacial score (nSPS) is 34.3. The van der Waals surface area contributed by atoms with E-state index in [0.717, 1.165) is 0 Å². The molecular formula is C8H14O4. The fourth-order valence-corrected chi connectivity index (χ4v) is 1.13. The highest BCUT2D eigenvalue weighted by Gasteiger charge is 2.30. The van der Waals surface area contributed by atoms with Crippen LogP contribution in [0.15, 0.2) is 13.2 Å². The van der Waals surface area contributed by atoms with Crippen LogP contribution in [0, 0.1) is 0 Å². The summed E-state index contributed by atoms with van der Waals surface area (Å²) in [6.45, 7) is 8.00. The molecule has 2 aliphatic rings. The Balaban J connectivity index is 0.000000336. The Bertz CT molecular complexity index is 102. The molecule has 0 aromatic rings. The van der Waals surface area contributed by atoms with Gasteiger partial charge in [0, 0.05) is 0 Å². The molecule has 2 saturated heterocycles. The molecule has 2 unspecified atom stereocenters. The lowest BCUT2D eigenvalue weighted by Crippen LogP contribution is -2.47. The van der Waals surface area contributed by atoms with Crippen molar-refractivity contribution in [3.05, 3.63) is 13.2 Å². The van der Waals surface area contributed by atoms with E-state index in [4.69, 9.17) is 18.9 Å². The predicted octanol–water partition coefficient (Wildman–Crippen LogP) is 0.534. The summed E-state index contributed by atoms with van der Waals surface area (Å²) < 4.78 is 20.5. The average molecular weight is 174 g/mol. The van der Waals surface area contributed by atoms with Crippen molar-refractivity contribution >= 4 is 0 Å². The summed E-state index contributed by atoms with van der Waals surface area (Å²) in [4.78, 5) is 0. The van der Waals surface area contributed by atoms with Gasteiger partial charge in [-0.3, -0.25) is 0 Å². The van der Waals surface area contributed by atoms with Gasteiger partial charge in [-0.1, -0.05) is 0 Å². The van der Waals surface area contributed by atoms with E-state index in [1.807, 2.05) is 0 Å². The van der Waals surface area contributed by atoms with E-state index in [0.29, 0.717) is 26.8 Å². The van der Waals surface area contributed by atoms with Crippen LogP contribution in [0.2, 0.25) is 0 Å². The van der Waals surface area contributed by atoms with Gasteiger partial charge in [0.15, 0.2) is 0 Å². The Kier molecular flexibility index (Phi) is 4.24. The summed E-state index contributed by atoms with van der Waals surface area (Å²) in [7, 11) is 0. The molecule has 0 spiro atoms. The van der Waals surface area contributed by atoms with E-state index < -0.39 is 0 Å². The van der Waals surface area contributed by atoms with Gasteiger partial charge in [0.25, 0.3) is 0 Å². The Morgan fingerprint density at radius 1 is 0.833 bits per heavy atom. The molecule has 2 heterocycles. The van der Waals surface area contributed by atoms with E-state index in [1.165, 1.54) is 0 Å². The molecule has 12 heavy (non-hydrogen) atoms. The molecule has 0 aliphatic carbocycles. The van der Waals surface area contributed by atoms with Gasteiger partial charge >= 0.3 is 0 Å². The largest absolute Gasteiger partial charge is 0.353 e. The van der Waals surface area contributed by atoms with Crippen molar-refractivity contribution in [2.45, 2.75) is 12.2 Å². The lowest BCUT2D eigenvalue weighted by molar-refractivity contribution is -0.276. The summed E-state index contributed by atoms with van der Waals surface area (Å²) in [5, 5.41) is 0. The van der Waals surface area contributed by atoms with Crippen molar-refractivity contribution in [1.82, 2.24) is 0 Å². The lowest BCUT2D eigenvalue weighted by Gasteiger charge is -2.34. The second-order valence-corrected chi connectivity index (χ2v) is 2.39. The zero-order valence-electron chi connectivity index (χ0n) is 7.03. The monoisotopic (exact) mass is 174 g/mol. The van der Waals surface area contributed by atoms with E-state index in [9.17, 15) is 0 Å². The predicted molar refractivity (Wildman–Crippen MR) is 42.6 cm³/mol. The molecule has 0 radical (unpaired) electrons.